The largest absolute Gasteiger partial charge is 0.493 e. The first-order chi connectivity index (χ1) is 10.9. The summed E-state index contributed by atoms with van der Waals surface area (Å²) in [6.45, 7) is 3.64. The van der Waals surface area contributed by atoms with Crippen LogP contribution in [0.3, 0.4) is 0 Å². The minimum Gasteiger partial charge on any atom is -0.493 e. The summed E-state index contributed by atoms with van der Waals surface area (Å²) >= 11 is 5.70. The standard InChI is InChI=1S/C19H25ClO2/c1-2-3-4-7-14-21-18-11-12-19(22-15-8-13-20)17-10-6-5-9-16(17)18/h5-6,9-12H,2-4,7-8,13-15H2,1H3. The number of unbranched alkanes of at least 4 members (excludes halogenated alkanes) is 3. The zero-order valence-electron chi connectivity index (χ0n) is 13.3. The van der Waals surface area contributed by atoms with E-state index < -0.39 is 0 Å². The maximum atomic E-state index is 5.97. The van der Waals surface area contributed by atoms with Crippen LogP contribution < -0.4 is 9.47 Å². The average Bonchev–Trinajstić information content (AvgIpc) is 2.56. The van der Waals surface area contributed by atoms with Crippen LogP contribution in [0.4, 0.5) is 0 Å². The van der Waals surface area contributed by atoms with E-state index in [2.05, 4.69) is 19.1 Å². The molecule has 22 heavy (non-hydrogen) atoms. The van der Waals surface area contributed by atoms with Gasteiger partial charge in [0.15, 0.2) is 0 Å². The molecule has 0 saturated carbocycles. The van der Waals surface area contributed by atoms with Gasteiger partial charge in [-0.25, -0.2) is 0 Å². The van der Waals surface area contributed by atoms with Crippen molar-refractivity contribution in [3.8, 4) is 11.5 Å². The van der Waals surface area contributed by atoms with Crippen LogP contribution in [-0.4, -0.2) is 19.1 Å². The zero-order valence-corrected chi connectivity index (χ0v) is 14.1. The van der Waals surface area contributed by atoms with E-state index in [0.29, 0.717) is 12.5 Å². The molecule has 0 spiro atoms. The molecular formula is C19H25ClO2. The third-order valence-corrected chi connectivity index (χ3v) is 3.90. The molecule has 0 aliphatic heterocycles. The third kappa shape index (κ3) is 4.81. The van der Waals surface area contributed by atoms with Crippen LogP contribution in [0.15, 0.2) is 36.4 Å². The topological polar surface area (TPSA) is 18.5 Å². The quantitative estimate of drug-likeness (QED) is 0.406. The van der Waals surface area contributed by atoms with E-state index in [-0.39, 0.29) is 0 Å². The fraction of sp³-hybridized carbons (Fsp3) is 0.474. The Morgan fingerprint density at radius 3 is 1.91 bits per heavy atom. The molecule has 0 unspecified atom stereocenters. The number of ether oxygens (including phenoxy) is 2. The Morgan fingerprint density at radius 2 is 1.36 bits per heavy atom. The summed E-state index contributed by atoms with van der Waals surface area (Å²) in [5, 5.41) is 2.21. The molecule has 2 nitrogen and oxygen atoms in total. The van der Waals surface area contributed by atoms with Crippen LogP contribution in [0.1, 0.15) is 39.0 Å². The molecule has 120 valence electrons. The Labute approximate surface area is 138 Å². The summed E-state index contributed by atoms with van der Waals surface area (Å²) in [7, 11) is 0. The van der Waals surface area contributed by atoms with Gasteiger partial charge in [0.1, 0.15) is 11.5 Å². The molecule has 0 aliphatic rings. The summed E-state index contributed by atoms with van der Waals surface area (Å²) in [5.74, 6) is 2.47. The van der Waals surface area contributed by atoms with E-state index in [1.54, 1.807) is 0 Å². The Kier molecular flexibility index (Phi) is 7.38. The summed E-state index contributed by atoms with van der Waals surface area (Å²) < 4.78 is 11.8. The lowest BCUT2D eigenvalue weighted by atomic mass is 10.1. The van der Waals surface area contributed by atoms with Crippen molar-refractivity contribution in [2.24, 2.45) is 0 Å². The Balaban J connectivity index is 2.07. The van der Waals surface area contributed by atoms with Crippen LogP contribution in [-0.2, 0) is 0 Å². The molecule has 2 aromatic carbocycles. The Hall–Kier alpha value is -1.41. The van der Waals surface area contributed by atoms with Gasteiger partial charge in [0.05, 0.1) is 13.2 Å². The van der Waals surface area contributed by atoms with E-state index in [1.165, 1.54) is 19.3 Å². The van der Waals surface area contributed by atoms with Gasteiger partial charge in [-0.3, -0.25) is 0 Å². The van der Waals surface area contributed by atoms with Gasteiger partial charge in [-0.2, -0.15) is 0 Å². The predicted molar refractivity (Wildman–Crippen MR) is 94.4 cm³/mol. The molecule has 0 fully saturated rings. The molecule has 2 aromatic rings. The number of benzene rings is 2. The third-order valence-electron chi connectivity index (χ3n) is 3.64. The molecular weight excluding hydrogens is 296 g/mol. The van der Waals surface area contributed by atoms with Gasteiger partial charge in [-0.1, -0.05) is 50.5 Å². The Morgan fingerprint density at radius 1 is 0.773 bits per heavy atom. The SMILES string of the molecule is CCCCCCOc1ccc(OCCCCl)c2ccccc12. The molecule has 0 heterocycles. The van der Waals surface area contributed by atoms with Crippen LogP contribution in [0.2, 0.25) is 0 Å². The van der Waals surface area contributed by atoms with Gasteiger partial charge in [0, 0.05) is 16.7 Å². The number of hydrogen-bond acceptors (Lipinski definition) is 2. The molecule has 3 heteroatoms. The highest BCUT2D eigenvalue weighted by Gasteiger charge is 2.07. The van der Waals surface area contributed by atoms with Gasteiger partial charge in [-0.05, 0) is 25.0 Å². The molecule has 0 atom stereocenters. The maximum absolute atomic E-state index is 5.97. The van der Waals surface area contributed by atoms with E-state index in [9.17, 15) is 0 Å². The first-order valence-electron chi connectivity index (χ1n) is 8.20. The van der Waals surface area contributed by atoms with Crippen molar-refractivity contribution in [3.63, 3.8) is 0 Å². The van der Waals surface area contributed by atoms with Gasteiger partial charge < -0.3 is 9.47 Å². The lowest BCUT2D eigenvalue weighted by molar-refractivity contribution is 0.306. The van der Waals surface area contributed by atoms with Crippen molar-refractivity contribution in [1.82, 2.24) is 0 Å². The van der Waals surface area contributed by atoms with Gasteiger partial charge in [-0.15, -0.1) is 11.6 Å². The summed E-state index contributed by atoms with van der Waals surface area (Å²) in [4.78, 5) is 0. The minimum absolute atomic E-state index is 0.622. The van der Waals surface area contributed by atoms with Crippen molar-refractivity contribution in [3.05, 3.63) is 36.4 Å². The van der Waals surface area contributed by atoms with E-state index in [1.807, 2.05) is 24.3 Å². The van der Waals surface area contributed by atoms with Gasteiger partial charge in [0.25, 0.3) is 0 Å². The highest BCUT2D eigenvalue weighted by molar-refractivity contribution is 6.17. The summed E-state index contributed by atoms with van der Waals surface area (Å²) in [5.41, 5.74) is 0. The first kappa shape index (κ1) is 17.0. The lowest BCUT2D eigenvalue weighted by Gasteiger charge is -2.13. The van der Waals surface area contributed by atoms with Crippen molar-refractivity contribution in [2.45, 2.75) is 39.0 Å². The molecule has 0 aliphatic carbocycles. The molecule has 0 aromatic heterocycles. The summed E-state index contributed by atoms with van der Waals surface area (Å²) in [6.07, 6.45) is 5.71. The van der Waals surface area contributed by atoms with E-state index in [4.69, 9.17) is 21.1 Å². The molecule has 0 saturated heterocycles. The van der Waals surface area contributed by atoms with Crippen molar-refractivity contribution in [1.29, 1.82) is 0 Å². The number of hydrogen-bond donors (Lipinski definition) is 0. The monoisotopic (exact) mass is 320 g/mol. The maximum Gasteiger partial charge on any atom is 0.127 e. The highest BCUT2D eigenvalue weighted by atomic mass is 35.5. The highest BCUT2D eigenvalue weighted by Crippen LogP contribution is 2.33. The predicted octanol–water partition coefficient (Wildman–Crippen LogP) is 5.81. The van der Waals surface area contributed by atoms with Gasteiger partial charge >= 0.3 is 0 Å². The molecule has 0 N–H and O–H groups in total. The average molecular weight is 321 g/mol. The van der Waals surface area contributed by atoms with E-state index in [0.717, 1.165) is 41.7 Å². The van der Waals surface area contributed by atoms with Crippen LogP contribution in [0.25, 0.3) is 10.8 Å². The summed E-state index contributed by atoms with van der Waals surface area (Å²) in [6, 6.07) is 12.2. The van der Waals surface area contributed by atoms with Crippen molar-refractivity contribution in [2.75, 3.05) is 19.1 Å². The number of alkyl halides is 1. The van der Waals surface area contributed by atoms with Crippen molar-refractivity contribution >= 4 is 22.4 Å². The van der Waals surface area contributed by atoms with Crippen molar-refractivity contribution < 1.29 is 9.47 Å². The molecule has 2 rings (SSSR count). The molecule has 0 amide bonds. The second kappa shape index (κ2) is 9.58. The second-order valence-corrected chi connectivity index (χ2v) is 5.79. The van der Waals surface area contributed by atoms with Gasteiger partial charge in [0.2, 0.25) is 0 Å². The second-order valence-electron chi connectivity index (χ2n) is 5.41. The first-order valence-corrected chi connectivity index (χ1v) is 8.73. The number of rotatable bonds is 10. The lowest BCUT2D eigenvalue weighted by Crippen LogP contribution is -2.00. The minimum atomic E-state index is 0.622. The molecule has 0 radical (unpaired) electrons. The Bertz CT molecular complexity index is 568. The fourth-order valence-corrected chi connectivity index (χ4v) is 2.55. The fourth-order valence-electron chi connectivity index (χ4n) is 2.44. The molecule has 0 bridgehead atoms. The van der Waals surface area contributed by atoms with Crippen LogP contribution >= 0.6 is 11.6 Å². The zero-order chi connectivity index (χ0) is 15.6. The van der Waals surface area contributed by atoms with Crippen LogP contribution in [0.5, 0.6) is 11.5 Å². The smallest absolute Gasteiger partial charge is 0.127 e. The normalized spacial score (nSPS) is 10.8. The van der Waals surface area contributed by atoms with E-state index >= 15 is 0 Å². The number of fused-ring (bicyclic) bond motifs is 1. The number of halogens is 1. The van der Waals surface area contributed by atoms with Crippen LogP contribution in [0, 0.1) is 0 Å².